The Kier molecular flexibility index (Phi) is 7.23. The fraction of sp³-hybridized carbons (Fsp3) is 1.00. The first-order chi connectivity index (χ1) is 13.3. The van der Waals surface area contributed by atoms with Crippen molar-refractivity contribution in [2.75, 3.05) is 39.4 Å². The molecule has 3 heterocycles. The minimum Gasteiger partial charge on any atom is -0.394 e. The summed E-state index contributed by atoms with van der Waals surface area (Å²) < 4.78 is 11.1. The molecule has 3 aliphatic heterocycles. The van der Waals surface area contributed by atoms with Gasteiger partial charge in [0.25, 0.3) is 0 Å². The zero-order valence-corrected chi connectivity index (χ0v) is 15.3. The van der Waals surface area contributed by atoms with Crippen LogP contribution in [-0.4, -0.2) is 151 Å². The average molecular weight is 410 g/mol. The van der Waals surface area contributed by atoms with Gasteiger partial charge >= 0.3 is 0 Å². The molecule has 3 fully saturated rings. The second kappa shape index (κ2) is 9.12. The van der Waals surface area contributed by atoms with Gasteiger partial charge in [-0.2, -0.15) is 0 Å². The molecule has 0 aliphatic carbocycles. The standard InChI is InChI=1S/C16H30N2O10/c19-5-7-9(21)11(23)13(25)15(27-7)17-1-2-18(4-3-17)16-14(26)12(24)10(22)8(6-20)28-16/h7-16,19-26H,1-6H2. The number of aliphatic hydroxyl groups excluding tert-OH is 8. The zero-order valence-electron chi connectivity index (χ0n) is 15.3. The SMILES string of the molecule is OCC1OC(N2CCN(C3OC(CO)C(O)C(O)C3O)CC2)C(O)C(O)C1O. The molecule has 0 saturated carbocycles. The summed E-state index contributed by atoms with van der Waals surface area (Å²) in [4.78, 5) is 3.48. The van der Waals surface area contributed by atoms with Crippen LogP contribution in [-0.2, 0) is 9.47 Å². The first-order valence-corrected chi connectivity index (χ1v) is 9.39. The van der Waals surface area contributed by atoms with Crippen molar-refractivity contribution in [1.82, 2.24) is 9.80 Å². The predicted molar refractivity (Wildman–Crippen MR) is 90.7 cm³/mol. The summed E-state index contributed by atoms with van der Waals surface area (Å²) >= 11 is 0. The van der Waals surface area contributed by atoms with Crippen molar-refractivity contribution in [3.8, 4) is 0 Å². The topological polar surface area (TPSA) is 187 Å². The number of aliphatic hydroxyl groups is 8. The van der Waals surface area contributed by atoms with E-state index in [0.717, 1.165) is 0 Å². The van der Waals surface area contributed by atoms with Crippen molar-refractivity contribution in [3.63, 3.8) is 0 Å². The van der Waals surface area contributed by atoms with Gasteiger partial charge < -0.3 is 50.3 Å². The maximum absolute atomic E-state index is 10.2. The summed E-state index contributed by atoms with van der Waals surface area (Å²) in [7, 11) is 0. The third kappa shape index (κ3) is 4.05. The molecule has 0 aromatic heterocycles. The van der Waals surface area contributed by atoms with E-state index in [1.54, 1.807) is 9.80 Å². The summed E-state index contributed by atoms with van der Waals surface area (Å²) in [5.74, 6) is 0. The molecule has 10 atom stereocenters. The van der Waals surface area contributed by atoms with Crippen molar-refractivity contribution in [2.45, 2.75) is 61.3 Å². The lowest BCUT2D eigenvalue weighted by atomic mass is 9.96. The third-order valence-corrected chi connectivity index (χ3v) is 5.80. The minimum absolute atomic E-state index is 0.345. The molecule has 0 bridgehead atoms. The molecule has 0 radical (unpaired) electrons. The van der Waals surface area contributed by atoms with Crippen molar-refractivity contribution < 1.29 is 50.3 Å². The maximum Gasteiger partial charge on any atom is 0.140 e. The summed E-state index contributed by atoms with van der Waals surface area (Å²) in [5.41, 5.74) is 0. The van der Waals surface area contributed by atoms with Gasteiger partial charge in [-0.25, -0.2) is 0 Å². The van der Waals surface area contributed by atoms with E-state index in [0.29, 0.717) is 26.2 Å². The number of rotatable bonds is 4. The molecule has 0 aromatic carbocycles. The van der Waals surface area contributed by atoms with Crippen LogP contribution in [0.1, 0.15) is 0 Å². The Labute approximate surface area is 161 Å². The van der Waals surface area contributed by atoms with Crippen LogP contribution in [0.15, 0.2) is 0 Å². The highest BCUT2D eigenvalue weighted by Gasteiger charge is 2.48. The molecular weight excluding hydrogens is 380 g/mol. The van der Waals surface area contributed by atoms with Gasteiger partial charge in [0.05, 0.1) is 13.2 Å². The molecule has 12 heteroatoms. The Morgan fingerprint density at radius 1 is 0.536 bits per heavy atom. The fourth-order valence-corrected chi connectivity index (χ4v) is 4.01. The van der Waals surface area contributed by atoms with E-state index in [4.69, 9.17) is 9.47 Å². The van der Waals surface area contributed by atoms with E-state index in [1.807, 2.05) is 0 Å². The molecule has 12 nitrogen and oxygen atoms in total. The van der Waals surface area contributed by atoms with Crippen LogP contribution in [0.4, 0.5) is 0 Å². The highest BCUT2D eigenvalue weighted by Crippen LogP contribution is 2.27. The summed E-state index contributed by atoms with van der Waals surface area (Å²) in [6, 6.07) is 0. The molecule has 3 saturated heterocycles. The number of hydrogen-bond acceptors (Lipinski definition) is 12. The van der Waals surface area contributed by atoms with Crippen LogP contribution in [0, 0.1) is 0 Å². The van der Waals surface area contributed by atoms with Gasteiger partial charge in [-0.15, -0.1) is 0 Å². The molecule has 8 N–H and O–H groups in total. The molecule has 3 aliphatic rings. The minimum atomic E-state index is -1.46. The van der Waals surface area contributed by atoms with E-state index in [2.05, 4.69) is 0 Å². The van der Waals surface area contributed by atoms with Gasteiger partial charge in [0, 0.05) is 26.2 Å². The summed E-state index contributed by atoms with van der Waals surface area (Å²) in [5, 5.41) is 78.7. The van der Waals surface area contributed by atoms with Crippen LogP contribution < -0.4 is 0 Å². The molecule has 3 rings (SSSR count). The van der Waals surface area contributed by atoms with Crippen LogP contribution >= 0.6 is 0 Å². The monoisotopic (exact) mass is 410 g/mol. The number of piperazine rings is 1. The Hall–Kier alpha value is -0.480. The van der Waals surface area contributed by atoms with Crippen LogP contribution in [0.5, 0.6) is 0 Å². The van der Waals surface area contributed by atoms with E-state index in [9.17, 15) is 40.9 Å². The van der Waals surface area contributed by atoms with Crippen LogP contribution in [0.3, 0.4) is 0 Å². The Morgan fingerprint density at radius 3 is 1.14 bits per heavy atom. The molecule has 10 unspecified atom stereocenters. The molecule has 164 valence electrons. The van der Waals surface area contributed by atoms with Crippen molar-refractivity contribution >= 4 is 0 Å². The lowest BCUT2D eigenvalue weighted by Crippen LogP contribution is -2.68. The summed E-state index contributed by atoms with van der Waals surface area (Å²) in [6.07, 6.45) is -12.3. The van der Waals surface area contributed by atoms with E-state index in [1.165, 1.54) is 0 Å². The molecule has 0 spiro atoms. The van der Waals surface area contributed by atoms with Gasteiger partial charge in [-0.3, -0.25) is 9.80 Å². The predicted octanol–water partition coefficient (Wildman–Crippen LogP) is -5.80. The van der Waals surface area contributed by atoms with Crippen molar-refractivity contribution in [3.05, 3.63) is 0 Å². The van der Waals surface area contributed by atoms with Gasteiger partial charge in [-0.1, -0.05) is 0 Å². The summed E-state index contributed by atoms with van der Waals surface area (Å²) in [6.45, 7) is 0.364. The average Bonchev–Trinajstić information content (AvgIpc) is 2.71. The number of ether oxygens (including phenoxy) is 2. The van der Waals surface area contributed by atoms with Crippen LogP contribution in [0.25, 0.3) is 0 Å². The van der Waals surface area contributed by atoms with Crippen LogP contribution in [0.2, 0.25) is 0 Å². The molecule has 28 heavy (non-hydrogen) atoms. The van der Waals surface area contributed by atoms with E-state index < -0.39 is 74.5 Å². The smallest absolute Gasteiger partial charge is 0.140 e. The quantitative estimate of drug-likeness (QED) is 0.220. The highest BCUT2D eigenvalue weighted by molar-refractivity contribution is 4.95. The zero-order chi connectivity index (χ0) is 20.6. The first kappa shape index (κ1) is 22.2. The van der Waals surface area contributed by atoms with Gasteiger partial charge in [-0.05, 0) is 0 Å². The molecule has 0 aromatic rings. The van der Waals surface area contributed by atoms with E-state index >= 15 is 0 Å². The Bertz CT molecular complexity index is 460. The number of nitrogens with zero attached hydrogens (tertiary/aromatic N) is 2. The van der Waals surface area contributed by atoms with Gasteiger partial charge in [0.2, 0.25) is 0 Å². The molecule has 0 amide bonds. The van der Waals surface area contributed by atoms with E-state index in [-0.39, 0.29) is 0 Å². The first-order valence-electron chi connectivity index (χ1n) is 9.39. The highest BCUT2D eigenvalue weighted by atomic mass is 16.6. The second-order valence-electron chi connectivity index (χ2n) is 7.51. The lowest BCUT2D eigenvalue weighted by Gasteiger charge is -2.50. The lowest BCUT2D eigenvalue weighted by molar-refractivity contribution is -0.283. The van der Waals surface area contributed by atoms with Gasteiger partial charge in [0.15, 0.2) is 0 Å². The normalized spacial score (nSPS) is 49.3. The van der Waals surface area contributed by atoms with Crippen molar-refractivity contribution in [2.24, 2.45) is 0 Å². The fourth-order valence-electron chi connectivity index (χ4n) is 4.01. The number of hydrogen-bond donors (Lipinski definition) is 8. The third-order valence-electron chi connectivity index (χ3n) is 5.80. The Balaban J connectivity index is 1.61. The van der Waals surface area contributed by atoms with Crippen molar-refractivity contribution in [1.29, 1.82) is 0 Å². The second-order valence-corrected chi connectivity index (χ2v) is 7.51. The largest absolute Gasteiger partial charge is 0.394 e. The maximum atomic E-state index is 10.2. The van der Waals surface area contributed by atoms with Gasteiger partial charge in [0.1, 0.15) is 61.3 Å². The molecular formula is C16H30N2O10. The Morgan fingerprint density at radius 2 is 0.857 bits per heavy atom.